The molecule has 2 aromatic heterocycles. The zero-order valence-electron chi connectivity index (χ0n) is 12.7. The number of hydrogen-bond donors (Lipinski definition) is 0. The van der Waals surface area contributed by atoms with Crippen molar-refractivity contribution in [2.45, 2.75) is 20.0 Å². The molecule has 4 rings (SSSR count). The van der Waals surface area contributed by atoms with Gasteiger partial charge in [0.15, 0.2) is 5.76 Å². The minimum absolute atomic E-state index is 0.0567. The molecule has 5 heteroatoms. The van der Waals surface area contributed by atoms with Gasteiger partial charge < -0.3 is 9.42 Å². The molecular formula is C18H15N3O2. The van der Waals surface area contributed by atoms with E-state index >= 15 is 0 Å². The van der Waals surface area contributed by atoms with Gasteiger partial charge in [-0.05, 0) is 30.2 Å². The quantitative estimate of drug-likeness (QED) is 0.729. The Bertz CT molecular complexity index is 846. The molecule has 1 aliphatic heterocycles. The molecule has 0 bridgehead atoms. The molecule has 0 radical (unpaired) electrons. The van der Waals surface area contributed by atoms with Crippen LogP contribution in [-0.4, -0.2) is 20.9 Å². The van der Waals surface area contributed by atoms with Gasteiger partial charge in [-0.1, -0.05) is 29.4 Å². The van der Waals surface area contributed by atoms with Crippen molar-refractivity contribution >= 4 is 5.91 Å². The monoisotopic (exact) mass is 305 g/mol. The van der Waals surface area contributed by atoms with E-state index in [0.29, 0.717) is 30.1 Å². The minimum atomic E-state index is -0.0567. The van der Waals surface area contributed by atoms with Gasteiger partial charge in [0, 0.05) is 31.0 Å². The number of fused-ring (bicyclic) bond motifs is 1. The maximum atomic E-state index is 13.0. The number of amides is 1. The second kappa shape index (κ2) is 5.35. The van der Waals surface area contributed by atoms with Gasteiger partial charge in [-0.25, -0.2) is 0 Å². The summed E-state index contributed by atoms with van der Waals surface area (Å²) in [6.45, 7) is 3.03. The zero-order chi connectivity index (χ0) is 15.8. The van der Waals surface area contributed by atoms with Gasteiger partial charge in [0.1, 0.15) is 5.56 Å². The lowest BCUT2D eigenvalue weighted by Gasteiger charge is -2.15. The Morgan fingerprint density at radius 1 is 1.13 bits per heavy atom. The molecule has 1 aromatic carbocycles. The van der Waals surface area contributed by atoms with E-state index in [4.69, 9.17) is 4.52 Å². The molecule has 0 N–H and O–H groups in total. The standard InChI is InChI=1S/C18H15N3O2/c1-12-16(17(23-20-12)13-7-4-8-19-9-13)18(22)21-10-14-5-2-3-6-15(14)11-21/h2-9H,10-11H2,1H3. The topological polar surface area (TPSA) is 59.2 Å². The Balaban J connectivity index is 1.70. The molecule has 23 heavy (non-hydrogen) atoms. The van der Waals surface area contributed by atoms with Crippen LogP contribution in [0.15, 0.2) is 53.3 Å². The van der Waals surface area contributed by atoms with E-state index in [-0.39, 0.29) is 5.91 Å². The summed E-state index contributed by atoms with van der Waals surface area (Å²) < 4.78 is 5.40. The average molecular weight is 305 g/mol. The summed E-state index contributed by atoms with van der Waals surface area (Å²) in [5, 5.41) is 3.98. The highest BCUT2D eigenvalue weighted by molar-refractivity contribution is 6.00. The van der Waals surface area contributed by atoms with E-state index < -0.39 is 0 Å². The Kier molecular flexibility index (Phi) is 3.19. The van der Waals surface area contributed by atoms with E-state index in [1.807, 2.05) is 29.2 Å². The van der Waals surface area contributed by atoms with Crippen molar-refractivity contribution in [3.63, 3.8) is 0 Å². The molecule has 0 saturated heterocycles. The van der Waals surface area contributed by atoms with Crippen LogP contribution in [0.1, 0.15) is 27.2 Å². The van der Waals surface area contributed by atoms with Crippen molar-refractivity contribution in [1.29, 1.82) is 0 Å². The first-order valence-electron chi connectivity index (χ1n) is 7.47. The number of pyridine rings is 1. The minimum Gasteiger partial charge on any atom is -0.355 e. The molecule has 0 fully saturated rings. The number of aryl methyl sites for hydroxylation is 1. The van der Waals surface area contributed by atoms with Gasteiger partial charge in [0.2, 0.25) is 0 Å². The maximum Gasteiger partial charge on any atom is 0.260 e. The first-order chi connectivity index (χ1) is 11.2. The molecule has 0 saturated carbocycles. The number of carbonyl (C=O) groups excluding carboxylic acids is 1. The SMILES string of the molecule is Cc1noc(-c2cccnc2)c1C(=O)N1Cc2ccccc2C1. The van der Waals surface area contributed by atoms with E-state index in [9.17, 15) is 4.79 Å². The third kappa shape index (κ3) is 2.30. The van der Waals surface area contributed by atoms with Crippen LogP contribution in [0.4, 0.5) is 0 Å². The number of benzene rings is 1. The van der Waals surface area contributed by atoms with Crippen LogP contribution >= 0.6 is 0 Å². The highest BCUT2D eigenvalue weighted by Gasteiger charge is 2.29. The smallest absolute Gasteiger partial charge is 0.260 e. The first kappa shape index (κ1) is 13.7. The van der Waals surface area contributed by atoms with Crippen LogP contribution in [0.2, 0.25) is 0 Å². The van der Waals surface area contributed by atoms with Gasteiger partial charge in [-0.3, -0.25) is 9.78 Å². The highest BCUT2D eigenvalue weighted by atomic mass is 16.5. The van der Waals surface area contributed by atoms with Gasteiger partial charge in [0.05, 0.1) is 5.69 Å². The van der Waals surface area contributed by atoms with Crippen LogP contribution in [0, 0.1) is 6.92 Å². The second-order valence-electron chi connectivity index (χ2n) is 5.64. The number of rotatable bonds is 2. The fraction of sp³-hybridized carbons (Fsp3) is 0.167. The zero-order valence-corrected chi connectivity index (χ0v) is 12.7. The van der Waals surface area contributed by atoms with Crippen molar-refractivity contribution in [3.8, 4) is 11.3 Å². The van der Waals surface area contributed by atoms with Crippen LogP contribution in [0.5, 0.6) is 0 Å². The van der Waals surface area contributed by atoms with Crippen LogP contribution in [0.3, 0.4) is 0 Å². The maximum absolute atomic E-state index is 13.0. The molecule has 3 aromatic rings. The summed E-state index contributed by atoms with van der Waals surface area (Å²) in [5.41, 5.74) is 4.26. The van der Waals surface area contributed by atoms with E-state index in [1.165, 1.54) is 11.1 Å². The molecule has 0 aliphatic carbocycles. The summed E-state index contributed by atoms with van der Waals surface area (Å²) in [4.78, 5) is 18.9. The van der Waals surface area contributed by atoms with Crippen LogP contribution in [-0.2, 0) is 13.1 Å². The average Bonchev–Trinajstić information content (AvgIpc) is 3.18. The summed E-state index contributed by atoms with van der Waals surface area (Å²) in [5.74, 6) is 0.426. The predicted octanol–water partition coefficient (Wildman–Crippen LogP) is 3.20. The van der Waals surface area contributed by atoms with Gasteiger partial charge in [-0.2, -0.15) is 0 Å². The van der Waals surface area contributed by atoms with Crippen molar-refractivity contribution in [2.75, 3.05) is 0 Å². The van der Waals surface area contributed by atoms with Gasteiger partial charge in [-0.15, -0.1) is 0 Å². The summed E-state index contributed by atoms with van der Waals surface area (Å²) in [7, 11) is 0. The van der Waals surface area contributed by atoms with Crippen molar-refractivity contribution in [1.82, 2.24) is 15.0 Å². The van der Waals surface area contributed by atoms with E-state index in [0.717, 1.165) is 5.56 Å². The predicted molar refractivity (Wildman–Crippen MR) is 84.5 cm³/mol. The fourth-order valence-electron chi connectivity index (χ4n) is 2.95. The number of nitrogens with zero attached hydrogens (tertiary/aromatic N) is 3. The third-order valence-electron chi connectivity index (χ3n) is 4.13. The lowest BCUT2D eigenvalue weighted by atomic mass is 10.1. The molecule has 3 heterocycles. The van der Waals surface area contributed by atoms with Gasteiger partial charge in [0.25, 0.3) is 5.91 Å². The number of hydrogen-bond acceptors (Lipinski definition) is 4. The third-order valence-corrected chi connectivity index (χ3v) is 4.13. The molecule has 1 amide bonds. The van der Waals surface area contributed by atoms with Crippen molar-refractivity contribution in [3.05, 3.63) is 71.2 Å². The molecule has 114 valence electrons. The Morgan fingerprint density at radius 3 is 2.52 bits per heavy atom. The summed E-state index contributed by atoms with van der Waals surface area (Å²) >= 11 is 0. The fourth-order valence-corrected chi connectivity index (χ4v) is 2.95. The Morgan fingerprint density at radius 2 is 1.87 bits per heavy atom. The molecule has 0 spiro atoms. The van der Waals surface area contributed by atoms with E-state index in [2.05, 4.69) is 22.3 Å². The molecule has 0 unspecified atom stereocenters. The normalized spacial score (nSPS) is 13.2. The lowest BCUT2D eigenvalue weighted by molar-refractivity contribution is 0.0751. The summed E-state index contributed by atoms with van der Waals surface area (Å²) in [6, 6.07) is 11.8. The molecule has 1 aliphatic rings. The largest absolute Gasteiger partial charge is 0.355 e. The molecular weight excluding hydrogens is 290 g/mol. The Hall–Kier alpha value is -2.95. The second-order valence-corrected chi connectivity index (χ2v) is 5.64. The van der Waals surface area contributed by atoms with Crippen molar-refractivity contribution < 1.29 is 9.32 Å². The van der Waals surface area contributed by atoms with E-state index in [1.54, 1.807) is 19.3 Å². The lowest BCUT2D eigenvalue weighted by Crippen LogP contribution is -2.26. The van der Waals surface area contributed by atoms with Gasteiger partial charge >= 0.3 is 0 Å². The summed E-state index contributed by atoms with van der Waals surface area (Å²) in [6.07, 6.45) is 3.36. The van der Waals surface area contributed by atoms with Crippen LogP contribution in [0.25, 0.3) is 11.3 Å². The highest BCUT2D eigenvalue weighted by Crippen LogP contribution is 2.30. The molecule has 5 nitrogen and oxygen atoms in total. The molecule has 0 atom stereocenters. The first-order valence-corrected chi connectivity index (χ1v) is 7.47. The van der Waals surface area contributed by atoms with Crippen LogP contribution < -0.4 is 0 Å². The van der Waals surface area contributed by atoms with Crippen molar-refractivity contribution in [2.24, 2.45) is 0 Å². The number of carbonyl (C=O) groups is 1. The Labute approximate surface area is 133 Å². The number of aromatic nitrogens is 2.